The van der Waals surface area contributed by atoms with Crippen molar-refractivity contribution in [1.82, 2.24) is 10.2 Å². The first-order valence-electron chi connectivity index (χ1n) is 6.24. The van der Waals surface area contributed by atoms with Crippen LogP contribution in [0.5, 0.6) is 5.75 Å². The van der Waals surface area contributed by atoms with Crippen LogP contribution in [-0.2, 0) is 16.1 Å². The first kappa shape index (κ1) is 15.5. The quantitative estimate of drug-likeness (QED) is 0.710. The van der Waals surface area contributed by atoms with Gasteiger partial charge in [-0.05, 0) is 17.7 Å². The molecule has 0 saturated carbocycles. The highest BCUT2D eigenvalue weighted by Gasteiger charge is 2.08. The summed E-state index contributed by atoms with van der Waals surface area (Å²) in [7, 11) is 5.07. The van der Waals surface area contributed by atoms with Gasteiger partial charge in [-0.1, -0.05) is 12.1 Å². The predicted molar refractivity (Wildman–Crippen MR) is 74.2 cm³/mol. The zero-order chi connectivity index (χ0) is 14.1. The van der Waals surface area contributed by atoms with Gasteiger partial charge in [0.25, 0.3) is 0 Å². The van der Waals surface area contributed by atoms with Crippen molar-refractivity contribution in [3.05, 3.63) is 29.8 Å². The number of carbonyl (C=O) groups is 1. The Kier molecular flexibility index (Phi) is 6.92. The highest BCUT2D eigenvalue weighted by molar-refractivity contribution is 5.77. The number of nitrogens with one attached hydrogen (secondary N) is 1. The molecule has 0 spiro atoms. The van der Waals surface area contributed by atoms with Crippen LogP contribution >= 0.6 is 0 Å². The molecule has 19 heavy (non-hydrogen) atoms. The zero-order valence-corrected chi connectivity index (χ0v) is 11.8. The molecule has 1 aromatic rings. The van der Waals surface area contributed by atoms with Gasteiger partial charge in [-0.2, -0.15) is 0 Å². The fourth-order valence-electron chi connectivity index (χ4n) is 1.60. The van der Waals surface area contributed by atoms with Gasteiger partial charge in [0, 0.05) is 27.2 Å². The number of carbonyl (C=O) groups excluding carboxylic acids is 1. The molecule has 0 bridgehead atoms. The van der Waals surface area contributed by atoms with Crippen LogP contribution in [0, 0.1) is 0 Å². The third-order valence-electron chi connectivity index (χ3n) is 2.76. The van der Waals surface area contributed by atoms with E-state index in [2.05, 4.69) is 5.32 Å². The van der Waals surface area contributed by atoms with Gasteiger partial charge in [-0.3, -0.25) is 4.79 Å². The summed E-state index contributed by atoms with van der Waals surface area (Å²) in [6.45, 7) is 2.21. The smallest absolute Gasteiger partial charge is 0.236 e. The Bertz CT molecular complexity index is 379. The van der Waals surface area contributed by atoms with E-state index in [1.165, 1.54) is 0 Å². The van der Waals surface area contributed by atoms with Crippen LogP contribution < -0.4 is 10.1 Å². The van der Waals surface area contributed by atoms with E-state index in [1.807, 2.05) is 24.3 Å². The minimum absolute atomic E-state index is 0.0620. The first-order valence-corrected chi connectivity index (χ1v) is 6.24. The largest absolute Gasteiger partial charge is 0.497 e. The molecule has 0 heterocycles. The van der Waals surface area contributed by atoms with E-state index >= 15 is 0 Å². The number of rotatable bonds is 8. The third kappa shape index (κ3) is 5.72. The van der Waals surface area contributed by atoms with E-state index in [0.717, 1.165) is 11.3 Å². The summed E-state index contributed by atoms with van der Waals surface area (Å²) >= 11 is 0. The minimum Gasteiger partial charge on any atom is -0.497 e. The fourth-order valence-corrected chi connectivity index (χ4v) is 1.60. The Morgan fingerprint density at radius 1 is 1.26 bits per heavy atom. The summed E-state index contributed by atoms with van der Waals surface area (Å²) in [5.41, 5.74) is 1.08. The average molecular weight is 266 g/mol. The molecule has 0 aliphatic heterocycles. The SMILES string of the molecule is COCCNCC(=O)N(C)Cc1ccc(OC)cc1. The number of amides is 1. The van der Waals surface area contributed by atoms with E-state index in [1.54, 1.807) is 26.2 Å². The number of benzene rings is 1. The predicted octanol–water partition coefficient (Wildman–Crippen LogP) is 0.890. The molecule has 1 rings (SSSR count). The van der Waals surface area contributed by atoms with Crippen molar-refractivity contribution < 1.29 is 14.3 Å². The first-order chi connectivity index (χ1) is 9.17. The highest BCUT2D eigenvalue weighted by atomic mass is 16.5. The van der Waals surface area contributed by atoms with Gasteiger partial charge in [0.2, 0.25) is 5.91 Å². The van der Waals surface area contributed by atoms with Crippen LogP contribution in [0.15, 0.2) is 24.3 Å². The van der Waals surface area contributed by atoms with Crippen LogP contribution in [0.4, 0.5) is 0 Å². The van der Waals surface area contributed by atoms with Crippen LogP contribution in [0.25, 0.3) is 0 Å². The summed E-state index contributed by atoms with van der Waals surface area (Å²) in [6.07, 6.45) is 0. The molecule has 0 saturated heterocycles. The molecule has 1 N–H and O–H groups in total. The number of hydrogen-bond acceptors (Lipinski definition) is 4. The monoisotopic (exact) mass is 266 g/mol. The standard InChI is InChI=1S/C14H22N2O3/c1-16(14(17)10-15-8-9-18-2)11-12-4-6-13(19-3)7-5-12/h4-7,15H,8-11H2,1-3H3. The zero-order valence-electron chi connectivity index (χ0n) is 11.8. The van der Waals surface area contributed by atoms with E-state index in [9.17, 15) is 4.79 Å². The Hall–Kier alpha value is -1.59. The van der Waals surface area contributed by atoms with Gasteiger partial charge in [0.05, 0.1) is 20.3 Å². The topological polar surface area (TPSA) is 50.8 Å². The van der Waals surface area contributed by atoms with Crippen molar-refractivity contribution in [1.29, 1.82) is 0 Å². The molecule has 0 unspecified atom stereocenters. The van der Waals surface area contributed by atoms with E-state index in [4.69, 9.17) is 9.47 Å². The summed E-state index contributed by atoms with van der Waals surface area (Å²) in [6, 6.07) is 7.71. The maximum atomic E-state index is 11.8. The maximum absolute atomic E-state index is 11.8. The summed E-state index contributed by atoms with van der Waals surface area (Å²) < 4.78 is 10.00. The Balaban J connectivity index is 2.35. The molecule has 1 amide bonds. The second-order valence-corrected chi connectivity index (χ2v) is 4.27. The number of hydrogen-bond donors (Lipinski definition) is 1. The Morgan fingerprint density at radius 3 is 2.53 bits per heavy atom. The highest BCUT2D eigenvalue weighted by Crippen LogP contribution is 2.12. The molecule has 0 aliphatic rings. The maximum Gasteiger partial charge on any atom is 0.236 e. The van der Waals surface area contributed by atoms with Gasteiger partial charge >= 0.3 is 0 Å². The van der Waals surface area contributed by atoms with Gasteiger partial charge < -0.3 is 19.7 Å². The van der Waals surface area contributed by atoms with Crippen LogP contribution in [0.3, 0.4) is 0 Å². The molecule has 1 aromatic carbocycles. The second kappa shape index (κ2) is 8.50. The van der Waals surface area contributed by atoms with Crippen molar-refractivity contribution in [2.75, 3.05) is 41.0 Å². The molecule has 0 aliphatic carbocycles. The van der Waals surface area contributed by atoms with Crippen molar-refractivity contribution in [3.8, 4) is 5.75 Å². The second-order valence-electron chi connectivity index (χ2n) is 4.27. The normalized spacial score (nSPS) is 10.3. The van der Waals surface area contributed by atoms with E-state index in [0.29, 0.717) is 26.2 Å². The van der Waals surface area contributed by atoms with E-state index in [-0.39, 0.29) is 5.91 Å². The summed E-state index contributed by atoms with van der Waals surface area (Å²) in [4.78, 5) is 13.5. The van der Waals surface area contributed by atoms with E-state index < -0.39 is 0 Å². The summed E-state index contributed by atoms with van der Waals surface area (Å²) in [5, 5.41) is 3.03. The number of ether oxygens (including phenoxy) is 2. The molecular formula is C14H22N2O3. The lowest BCUT2D eigenvalue weighted by molar-refractivity contribution is -0.129. The van der Waals surface area contributed by atoms with Crippen LogP contribution in [0.2, 0.25) is 0 Å². The van der Waals surface area contributed by atoms with Gasteiger partial charge in [0.1, 0.15) is 5.75 Å². The van der Waals surface area contributed by atoms with Gasteiger partial charge in [0.15, 0.2) is 0 Å². The van der Waals surface area contributed by atoms with Gasteiger partial charge in [-0.15, -0.1) is 0 Å². The Labute approximate surface area is 114 Å². The molecule has 0 aromatic heterocycles. The molecule has 0 fully saturated rings. The third-order valence-corrected chi connectivity index (χ3v) is 2.76. The van der Waals surface area contributed by atoms with Crippen molar-refractivity contribution in [2.45, 2.75) is 6.54 Å². The number of methoxy groups -OCH3 is 2. The fraction of sp³-hybridized carbons (Fsp3) is 0.500. The van der Waals surface area contributed by atoms with Crippen molar-refractivity contribution in [3.63, 3.8) is 0 Å². The molecule has 106 valence electrons. The number of likely N-dealkylation sites (N-methyl/N-ethyl adjacent to an activating group) is 1. The van der Waals surface area contributed by atoms with Crippen molar-refractivity contribution in [2.24, 2.45) is 0 Å². The molecule has 5 nitrogen and oxygen atoms in total. The average Bonchev–Trinajstić information content (AvgIpc) is 2.44. The molecule has 0 atom stereocenters. The molecule has 0 radical (unpaired) electrons. The summed E-state index contributed by atoms with van der Waals surface area (Å²) in [5.74, 6) is 0.880. The van der Waals surface area contributed by atoms with Crippen LogP contribution in [-0.4, -0.2) is 51.8 Å². The Morgan fingerprint density at radius 2 is 1.95 bits per heavy atom. The minimum atomic E-state index is 0.0620. The van der Waals surface area contributed by atoms with Gasteiger partial charge in [-0.25, -0.2) is 0 Å². The van der Waals surface area contributed by atoms with Crippen molar-refractivity contribution >= 4 is 5.91 Å². The lowest BCUT2D eigenvalue weighted by Gasteiger charge is -2.17. The lowest BCUT2D eigenvalue weighted by Crippen LogP contribution is -2.36. The molecule has 5 heteroatoms. The number of nitrogens with zero attached hydrogens (tertiary/aromatic N) is 1. The van der Waals surface area contributed by atoms with Crippen LogP contribution in [0.1, 0.15) is 5.56 Å². The molecular weight excluding hydrogens is 244 g/mol. The lowest BCUT2D eigenvalue weighted by atomic mass is 10.2.